The van der Waals surface area contributed by atoms with Gasteiger partial charge in [-0.1, -0.05) is 36.3 Å². The maximum absolute atomic E-state index is 13.5. The summed E-state index contributed by atoms with van der Waals surface area (Å²) in [5, 5.41) is 6.67. The lowest BCUT2D eigenvalue weighted by Crippen LogP contribution is -2.14. The van der Waals surface area contributed by atoms with Crippen LogP contribution in [0.25, 0.3) is 11.1 Å². The first-order valence-corrected chi connectivity index (χ1v) is 8.70. The van der Waals surface area contributed by atoms with Crippen LogP contribution in [0.3, 0.4) is 0 Å². The highest BCUT2D eigenvalue weighted by Gasteiger charge is 2.42. The van der Waals surface area contributed by atoms with Crippen molar-refractivity contribution in [1.82, 2.24) is 10.1 Å². The lowest BCUT2D eigenvalue weighted by atomic mass is 10.0. The summed E-state index contributed by atoms with van der Waals surface area (Å²) >= 11 is 0. The molecule has 0 atom stereocenters. The summed E-state index contributed by atoms with van der Waals surface area (Å²) < 4.78 is 18.9. The number of aromatic nitrogens is 2. The van der Waals surface area contributed by atoms with E-state index in [2.05, 4.69) is 22.4 Å². The standard InChI is InChI=1S/C20H19FN4O2/c1-20(6-7-20)16-10-17(25-27-16)24-18(26)8-12-2-4-13(5-3-12)14-9-15(21)19(22)23-11-14/h2-5,9-11H,6-8H2,1H3,(H2,22,23)(H,24,25,26). The number of nitrogens with two attached hydrogens (primary N) is 1. The first-order chi connectivity index (χ1) is 12.9. The smallest absolute Gasteiger partial charge is 0.230 e. The average Bonchev–Trinajstić information content (AvgIpc) is 3.22. The predicted octanol–water partition coefficient (Wildman–Crippen LogP) is 3.69. The van der Waals surface area contributed by atoms with Crippen molar-refractivity contribution in [2.75, 3.05) is 11.1 Å². The number of hydrogen-bond acceptors (Lipinski definition) is 5. The second-order valence-electron chi connectivity index (χ2n) is 7.15. The van der Waals surface area contributed by atoms with E-state index in [1.165, 1.54) is 12.3 Å². The second kappa shape index (κ2) is 6.50. The molecule has 0 spiro atoms. The number of nitrogens with zero attached hydrogens (tertiary/aromatic N) is 2. The zero-order valence-corrected chi connectivity index (χ0v) is 14.8. The number of nitrogen functional groups attached to an aromatic ring is 1. The van der Waals surface area contributed by atoms with Crippen molar-refractivity contribution in [2.24, 2.45) is 0 Å². The first kappa shape index (κ1) is 17.2. The fourth-order valence-electron chi connectivity index (χ4n) is 2.85. The monoisotopic (exact) mass is 366 g/mol. The Balaban J connectivity index is 1.39. The molecule has 27 heavy (non-hydrogen) atoms. The minimum absolute atomic E-state index is 0.0717. The number of benzene rings is 1. The number of hydrogen-bond donors (Lipinski definition) is 2. The maximum Gasteiger partial charge on any atom is 0.230 e. The second-order valence-corrected chi connectivity index (χ2v) is 7.15. The number of halogens is 1. The summed E-state index contributed by atoms with van der Waals surface area (Å²) in [6.45, 7) is 2.11. The van der Waals surface area contributed by atoms with E-state index in [0.717, 1.165) is 29.7 Å². The van der Waals surface area contributed by atoms with Crippen LogP contribution in [0.2, 0.25) is 0 Å². The van der Waals surface area contributed by atoms with Gasteiger partial charge in [-0.2, -0.15) is 0 Å². The molecule has 138 valence electrons. The summed E-state index contributed by atoms with van der Waals surface area (Å²) in [5.74, 6) is 0.389. The van der Waals surface area contributed by atoms with E-state index in [-0.39, 0.29) is 23.6 Å². The molecule has 2 aromatic heterocycles. The molecule has 0 unspecified atom stereocenters. The van der Waals surface area contributed by atoms with E-state index in [1.807, 2.05) is 24.3 Å². The molecule has 1 amide bonds. The summed E-state index contributed by atoms with van der Waals surface area (Å²) in [4.78, 5) is 16.0. The van der Waals surface area contributed by atoms with Crippen molar-refractivity contribution in [1.29, 1.82) is 0 Å². The molecule has 7 heteroatoms. The fourth-order valence-corrected chi connectivity index (χ4v) is 2.85. The Kier molecular flexibility index (Phi) is 4.14. The topological polar surface area (TPSA) is 94.0 Å². The molecule has 4 rings (SSSR count). The number of pyridine rings is 1. The van der Waals surface area contributed by atoms with Gasteiger partial charge in [-0.15, -0.1) is 0 Å². The van der Waals surface area contributed by atoms with E-state index < -0.39 is 5.82 Å². The van der Waals surface area contributed by atoms with Gasteiger partial charge in [-0.05, 0) is 30.0 Å². The van der Waals surface area contributed by atoms with E-state index in [0.29, 0.717) is 11.4 Å². The summed E-state index contributed by atoms with van der Waals surface area (Å²) in [7, 11) is 0. The molecule has 2 heterocycles. The van der Waals surface area contributed by atoms with Crippen molar-refractivity contribution in [3.05, 3.63) is 59.7 Å². The number of carbonyl (C=O) groups excluding carboxylic acids is 1. The highest BCUT2D eigenvalue weighted by Crippen LogP contribution is 2.48. The Morgan fingerprint density at radius 2 is 2.00 bits per heavy atom. The van der Waals surface area contributed by atoms with Gasteiger partial charge in [-0.25, -0.2) is 9.37 Å². The molecule has 3 N–H and O–H groups in total. The molecule has 3 aromatic rings. The quantitative estimate of drug-likeness (QED) is 0.718. The van der Waals surface area contributed by atoms with Gasteiger partial charge < -0.3 is 15.6 Å². The SMILES string of the molecule is CC1(c2cc(NC(=O)Cc3ccc(-c4cnc(N)c(F)c4)cc3)no2)CC1. The van der Waals surface area contributed by atoms with Gasteiger partial charge in [-0.3, -0.25) is 4.79 Å². The van der Waals surface area contributed by atoms with Crippen LogP contribution < -0.4 is 11.1 Å². The van der Waals surface area contributed by atoms with Gasteiger partial charge in [0.2, 0.25) is 5.91 Å². The molecule has 6 nitrogen and oxygen atoms in total. The third kappa shape index (κ3) is 3.67. The van der Waals surface area contributed by atoms with Crippen LogP contribution in [0.15, 0.2) is 47.1 Å². The summed E-state index contributed by atoms with van der Waals surface area (Å²) in [5.41, 5.74) is 7.72. The minimum Gasteiger partial charge on any atom is -0.381 e. The molecule has 0 saturated heterocycles. The molecule has 1 saturated carbocycles. The highest BCUT2D eigenvalue weighted by atomic mass is 19.1. The van der Waals surface area contributed by atoms with Gasteiger partial charge in [0.1, 0.15) is 5.76 Å². The predicted molar refractivity (Wildman–Crippen MR) is 99.5 cm³/mol. The normalized spacial score (nSPS) is 14.7. The summed E-state index contributed by atoms with van der Waals surface area (Å²) in [6, 6.07) is 10.4. The molecule has 1 aliphatic rings. The summed E-state index contributed by atoms with van der Waals surface area (Å²) in [6.07, 6.45) is 3.88. The van der Waals surface area contributed by atoms with E-state index in [9.17, 15) is 9.18 Å². The van der Waals surface area contributed by atoms with Crippen LogP contribution in [0.1, 0.15) is 31.1 Å². The Morgan fingerprint density at radius 1 is 1.26 bits per heavy atom. The number of carbonyl (C=O) groups is 1. The molecule has 1 aliphatic carbocycles. The molecular weight excluding hydrogens is 347 g/mol. The molecule has 0 aliphatic heterocycles. The fraction of sp³-hybridized carbons (Fsp3) is 0.250. The Hall–Kier alpha value is -3.22. The Morgan fingerprint density at radius 3 is 2.67 bits per heavy atom. The third-order valence-electron chi connectivity index (χ3n) is 4.89. The van der Waals surface area contributed by atoms with Crippen molar-refractivity contribution in [3.8, 4) is 11.1 Å². The minimum atomic E-state index is -0.553. The molecule has 1 aromatic carbocycles. The molecule has 0 radical (unpaired) electrons. The van der Waals surface area contributed by atoms with Crippen molar-refractivity contribution >= 4 is 17.5 Å². The van der Waals surface area contributed by atoms with Gasteiger partial charge >= 0.3 is 0 Å². The van der Waals surface area contributed by atoms with Crippen molar-refractivity contribution in [2.45, 2.75) is 31.6 Å². The lowest BCUT2D eigenvalue weighted by molar-refractivity contribution is -0.115. The molecule has 1 fully saturated rings. The van der Waals surface area contributed by atoms with Gasteiger partial charge in [0.25, 0.3) is 0 Å². The van der Waals surface area contributed by atoms with Crippen molar-refractivity contribution < 1.29 is 13.7 Å². The van der Waals surface area contributed by atoms with Crippen LogP contribution in [0, 0.1) is 5.82 Å². The maximum atomic E-state index is 13.5. The van der Waals surface area contributed by atoms with Crippen LogP contribution in [0.4, 0.5) is 16.0 Å². The first-order valence-electron chi connectivity index (χ1n) is 8.70. The molecule has 0 bridgehead atoms. The van der Waals surface area contributed by atoms with Gasteiger partial charge in [0.05, 0.1) is 6.42 Å². The van der Waals surface area contributed by atoms with Crippen LogP contribution in [-0.2, 0) is 16.6 Å². The zero-order valence-electron chi connectivity index (χ0n) is 14.8. The van der Waals surface area contributed by atoms with E-state index >= 15 is 0 Å². The number of anilines is 2. The lowest BCUT2D eigenvalue weighted by Gasteiger charge is -2.05. The Bertz CT molecular complexity index is 993. The third-order valence-corrected chi connectivity index (χ3v) is 4.89. The van der Waals surface area contributed by atoms with Gasteiger partial charge in [0, 0.05) is 23.2 Å². The molecular formula is C20H19FN4O2. The van der Waals surface area contributed by atoms with E-state index in [4.69, 9.17) is 10.3 Å². The van der Waals surface area contributed by atoms with Gasteiger partial charge in [0.15, 0.2) is 17.5 Å². The van der Waals surface area contributed by atoms with Crippen LogP contribution >= 0.6 is 0 Å². The van der Waals surface area contributed by atoms with E-state index in [1.54, 1.807) is 6.07 Å². The zero-order chi connectivity index (χ0) is 19.0. The number of rotatable bonds is 5. The van der Waals surface area contributed by atoms with Crippen molar-refractivity contribution in [3.63, 3.8) is 0 Å². The highest BCUT2D eigenvalue weighted by molar-refractivity contribution is 5.91. The van der Waals surface area contributed by atoms with Crippen LogP contribution in [-0.4, -0.2) is 16.0 Å². The number of amides is 1. The largest absolute Gasteiger partial charge is 0.381 e. The Labute approximate surface area is 155 Å². The number of nitrogens with one attached hydrogen (secondary N) is 1. The van der Waals surface area contributed by atoms with Crippen LogP contribution in [0.5, 0.6) is 0 Å². The average molecular weight is 366 g/mol.